The molecular weight excluding hydrogens is 316 g/mol. The Bertz CT molecular complexity index is 578. The third-order valence-electron chi connectivity index (χ3n) is 2.98. The molecule has 1 aromatic carbocycles. The van der Waals surface area contributed by atoms with Crippen LogP contribution in [0.1, 0.15) is 13.8 Å². The fourth-order valence-electron chi connectivity index (χ4n) is 1.63. The molecule has 7 nitrogen and oxygen atoms in total. The van der Waals surface area contributed by atoms with Crippen LogP contribution in [0.25, 0.3) is 0 Å². The Morgan fingerprint density at radius 1 is 1.22 bits per heavy atom. The molecule has 0 spiro atoms. The Morgan fingerprint density at radius 2 is 1.87 bits per heavy atom. The summed E-state index contributed by atoms with van der Waals surface area (Å²) < 4.78 is 0. The number of hydrogen-bond donors (Lipinski definition) is 4. The van der Waals surface area contributed by atoms with E-state index in [1.165, 1.54) is 11.8 Å². The molecule has 0 aliphatic heterocycles. The molecule has 0 aromatic heterocycles. The van der Waals surface area contributed by atoms with Crippen molar-refractivity contribution in [2.75, 3.05) is 17.6 Å². The lowest BCUT2D eigenvalue weighted by Gasteiger charge is -2.15. The van der Waals surface area contributed by atoms with Crippen molar-refractivity contribution in [1.82, 2.24) is 5.32 Å². The summed E-state index contributed by atoms with van der Waals surface area (Å²) in [6.45, 7) is 3.49. The number of nitrogens with two attached hydrogens (primary N) is 2. The van der Waals surface area contributed by atoms with E-state index >= 15 is 0 Å². The molecule has 1 rings (SSSR count). The molecule has 126 valence electrons. The van der Waals surface area contributed by atoms with Crippen LogP contribution in [0.3, 0.4) is 0 Å². The molecule has 0 aliphatic carbocycles. The topological polar surface area (TPSA) is 127 Å². The van der Waals surface area contributed by atoms with E-state index in [2.05, 4.69) is 10.6 Å². The van der Waals surface area contributed by atoms with Gasteiger partial charge in [0.2, 0.25) is 17.7 Å². The van der Waals surface area contributed by atoms with Crippen molar-refractivity contribution in [3.05, 3.63) is 24.3 Å². The highest BCUT2D eigenvalue weighted by Gasteiger charge is 2.17. The van der Waals surface area contributed by atoms with Crippen LogP contribution in [0.5, 0.6) is 0 Å². The van der Waals surface area contributed by atoms with Gasteiger partial charge in [-0.25, -0.2) is 0 Å². The molecule has 0 unspecified atom stereocenters. The maximum absolute atomic E-state index is 11.9. The second-order valence-electron chi connectivity index (χ2n) is 5.29. The molecule has 0 saturated carbocycles. The van der Waals surface area contributed by atoms with E-state index in [9.17, 15) is 14.4 Å². The number of benzene rings is 1. The first-order chi connectivity index (χ1) is 10.8. The Hall–Kier alpha value is -2.06. The van der Waals surface area contributed by atoms with E-state index < -0.39 is 11.9 Å². The van der Waals surface area contributed by atoms with Crippen molar-refractivity contribution in [1.29, 1.82) is 0 Å². The van der Waals surface area contributed by atoms with Crippen molar-refractivity contribution in [3.8, 4) is 0 Å². The zero-order chi connectivity index (χ0) is 17.4. The average molecular weight is 338 g/mol. The van der Waals surface area contributed by atoms with Crippen LogP contribution < -0.4 is 22.1 Å². The number of amides is 3. The van der Waals surface area contributed by atoms with Crippen LogP contribution in [0.15, 0.2) is 29.2 Å². The smallest absolute Gasteiger partial charge is 0.243 e. The summed E-state index contributed by atoms with van der Waals surface area (Å²) >= 11 is 1.23. The highest BCUT2D eigenvalue weighted by molar-refractivity contribution is 8.00. The van der Waals surface area contributed by atoms with Crippen molar-refractivity contribution in [2.24, 2.45) is 17.4 Å². The summed E-state index contributed by atoms with van der Waals surface area (Å²) in [5.74, 6) is -1.07. The molecule has 1 aromatic rings. The maximum Gasteiger partial charge on any atom is 0.243 e. The second-order valence-corrected chi connectivity index (χ2v) is 6.30. The molecule has 0 aliphatic rings. The lowest BCUT2D eigenvalue weighted by atomic mass is 10.1. The van der Waals surface area contributed by atoms with Gasteiger partial charge in [-0.1, -0.05) is 26.0 Å². The third kappa shape index (κ3) is 6.70. The van der Waals surface area contributed by atoms with Gasteiger partial charge in [0.25, 0.3) is 0 Å². The van der Waals surface area contributed by atoms with Crippen LogP contribution in [-0.2, 0) is 14.4 Å². The normalized spacial score (nSPS) is 11.8. The first-order valence-electron chi connectivity index (χ1n) is 7.14. The summed E-state index contributed by atoms with van der Waals surface area (Å²) in [6, 6.07) is 6.39. The zero-order valence-electron chi connectivity index (χ0n) is 13.2. The molecule has 0 saturated heterocycles. The van der Waals surface area contributed by atoms with Crippen LogP contribution in [0.4, 0.5) is 5.69 Å². The van der Waals surface area contributed by atoms with Gasteiger partial charge in [-0.15, -0.1) is 11.8 Å². The minimum absolute atomic E-state index is 0.0102. The highest BCUT2D eigenvalue weighted by Crippen LogP contribution is 2.26. The SMILES string of the molecule is CC(C)[C@H](N)C(=O)NCC(=O)Nc1ccccc1SCC(N)=O. The minimum atomic E-state index is -0.652. The summed E-state index contributed by atoms with van der Waals surface area (Å²) in [7, 11) is 0. The average Bonchev–Trinajstić information content (AvgIpc) is 2.50. The first kappa shape index (κ1) is 19.0. The molecule has 23 heavy (non-hydrogen) atoms. The highest BCUT2D eigenvalue weighted by atomic mass is 32.2. The summed E-state index contributed by atoms with van der Waals surface area (Å²) in [5.41, 5.74) is 11.4. The fourth-order valence-corrected chi connectivity index (χ4v) is 2.37. The molecule has 0 heterocycles. The van der Waals surface area contributed by atoms with Gasteiger partial charge in [0.15, 0.2) is 0 Å². The molecule has 8 heteroatoms. The Balaban J connectivity index is 2.57. The molecule has 0 fully saturated rings. The number of primary amides is 1. The number of para-hydroxylation sites is 1. The van der Waals surface area contributed by atoms with E-state index in [0.29, 0.717) is 5.69 Å². The van der Waals surface area contributed by atoms with Crippen LogP contribution in [0, 0.1) is 5.92 Å². The number of thioether (sulfide) groups is 1. The summed E-state index contributed by atoms with van der Waals surface area (Å²) in [4.78, 5) is 35.2. The number of hydrogen-bond acceptors (Lipinski definition) is 5. The molecule has 1 atom stereocenters. The van der Waals surface area contributed by atoms with Gasteiger partial charge < -0.3 is 22.1 Å². The van der Waals surface area contributed by atoms with Crippen molar-refractivity contribution < 1.29 is 14.4 Å². The van der Waals surface area contributed by atoms with Crippen LogP contribution >= 0.6 is 11.8 Å². The lowest BCUT2D eigenvalue weighted by molar-refractivity contribution is -0.125. The Labute approximate surface area is 139 Å². The molecule has 0 bridgehead atoms. The molecular formula is C15H22N4O3S. The maximum atomic E-state index is 11.9. The Kier molecular flexibility index (Phi) is 7.56. The quantitative estimate of drug-likeness (QED) is 0.507. The predicted octanol–water partition coefficient (Wildman–Crippen LogP) is 0.302. The van der Waals surface area contributed by atoms with Gasteiger partial charge >= 0.3 is 0 Å². The van der Waals surface area contributed by atoms with Gasteiger partial charge in [0, 0.05) is 4.90 Å². The number of anilines is 1. The molecule has 6 N–H and O–H groups in total. The fraction of sp³-hybridized carbons (Fsp3) is 0.400. The van der Waals surface area contributed by atoms with E-state index in [4.69, 9.17) is 11.5 Å². The van der Waals surface area contributed by atoms with E-state index in [0.717, 1.165) is 4.90 Å². The van der Waals surface area contributed by atoms with Gasteiger partial charge in [-0.2, -0.15) is 0 Å². The number of carbonyl (C=O) groups excluding carboxylic acids is 3. The largest absolute Gasteiger partial charge is 0.369 e. The molecule has 3 amide bonds. The van der Waals surface area contributed by atoms with Gasteiger partial charge in [-0.3, -0.25) is 14.4 Å². The second kappa shape index (κ2) is 9.16. The first-order valence-corrected chi connectivity index (χ1v) is 8.13. The number of carbonyl (C=O) groups is 3. The number of nitrogens with one attached hydrogen (secondary N) is 2. The van der Waals surface area contributed by atoms with Gasteiger partial charge in [0.1, 0.15) is 0 Å². The van der Waals surface area contributed by atoms with Crippen LogP contribution in [-0.4, -0.2) is 36.1 Å². The lowest BCUT2D eigenvalue weighted by Crippen LogP contribution is -2.46. The van der Waals surface area contributed by atoms with Crippen molar-refractivity contribution in [3.63, 3.8) is 0 Å². The van der Waals surface area contributed by atoms with Crippen molar-refractivity contribution in [2.45, 2.75) is 24.8 Å². The number of rotatable bonds is 8. The Morgan fingerprint density at radius 3 is 2.48 bits per heavy atom. The van der Waals surface area contributed by atoms with Gasteiger partial charge in [0.05, 0.1) is 24.0 Å². The van der Waals surface area contributed by atoms with E-state index in [-0.39, 0.29) is 30.0 Å². The van der Waals surface area contributed by atoms with Crippen LogP contribution in [0.2, 0.25) is 0 Å². The third-order valence-corrected chi connectivity index (χ3v) is 4.07. The zero-order valence-corrected chi connectivity index (χ0v) is 14.0. The summed E-state index contributed by atoms with van der Waals surface area (Å²) in [5, 5.41) is 5.19. The molecule has 0 radical (unpaired) electrons. The van der Waals surface area contributed by atoms with E-state index in [1.54, 1.807) is 24.3 Å². The van der Waals surface area contributed by atoms with Gasteiger partial charge in [-0.05, 0) is 18.1 Å². The monoisotopic (exact) mass is 338 g/mol. The summed E-state index contributed by atoms with van der Waals surface area (Å²) in [6.07, 6.45) is 0. The standard InChI is InChI=1S/C15H22N4O3S/c1-9(2)14(17)15(22)18-7-13(21)19-10-5-3-4-6-11(10)23-8-12(16)20/h3-6,9,14H,7-8,17H2,1-2H3,(H2,16,20)(H,18,22)(H,19,21)/t14-/m0/s1. The predicted molar refractivity (Wildman–Crippen MR) is 90.8 cm³/mol. The van der Waals surface area contributed by atoms with E-state index in [1.807, 2.05) is 13.8 Å². The minimum Gasteiger partial charge on any atom is -0.369 e. The van der Waals surface area contributed by atoms with Crippen molar-refractivity contribution >= 4 is 35.2 Å².